The van der Waals surface area contributed by atoms with Crippen molar-refractivity contribution in [3.05, 3.63) is 84.4 Å². The summed E-state index contributed by atoms with van der Waals surface area (Å²) >= 11 is 3.97. The predicted molar refractivity (Wildman–Crippen MR) is 148 cm³/mol. The zero-order valence-electron chi connectivity index (χ0n) is 21.4. The van der Waals surface area contributed by atoms with E-state index in [1.807, 2.05) is 41.7 Å². The van der Waals surface area contributed by atoms with Crippen LogP contribution in [0.15, 0.2) is 88.7 Å². The van der Waals surface area contributed by atoms with Crippen molar-refractivity contribution in [3.8, 4) is 0 Å². The number of hydrogen-bond donors (Lipinski definition) is 2. The zero-order chi connectivity index (χ0) is 26.7. The highest BCUT2D eigenvalue weighted by atomic mass is 32.3. The second-order valence-electron chi connectivity index (χ2n) is 8.33. The topological polar surface area (TPSA) is 89.1 Å². The van der Waals surface area contributed by atoms with Crippen molar-refractivity contribution in [2.45, 2.75) is 55.2 Å². The number of thioether (sulfide) groups is 2. The van der Waals surface area contributed by atoms with Gasteiger partial charge in [-0.2, -0.15) is 0 Å². The molecule has 6 nitrogen and oxygen atoms in total. The Kier molecular flexibility index (Phi) is 12.5. The van der Waals surface area contributed by atoms with E-state index < -0.39 is 10.4 Å². The minimum absolute atomic E-state index is 0.687. The minimum atomic E-state index is -5.17. The van der Waals surface area contributed by atoms with Crippen LogP contribution in [0.25, 0.3) is 0 Å². The first-order chi connectivity index (χ1) is 17.0. The van der Waals surface area contributed by atoms with Gasteiger partial charge in [0.15, 0.2) is 0 Å². The van der Waals surface area contributed by atoms with E-state index in [-0.39, 0.29) is 0 Å². The van der Waals surface area contributed by atoms with Crippen molar-refractivity contribution < 1.29 is 27.3 Å². The van der Waals surface area contributed by atoms with E-state index in [9.17, 15) is 0 Å². The quantitative estimate of drug-likeness (QED) is 0.372. The molecule has 2 aliphatic rings. The second-order valence-corrected chi connectivity index (χ2v) is 11.9. The van der Waals surface area contributed by atoms with Gasteiger partial charge in [-0.15, -0.1) is 0 Å². The Morgan fingerprint density at radius 2 is 1.03 bits per heavy atom. The molecule has 0 spiro atoms. The highest BCUT2D eigenvalue weighted by molar-refractivity contribution is 8.00. The van der Waals surface area contributed by atoms with Crippen molar-refractivity contribution in [1.82, 2.24) is 0 Å². The van der Waals surface area contributed by atoms with Gasteiger partial charge >= 0.3 is 0 Å². The van der Waals surface area contributed by atoms with E-state index in [1.165, 1.54) is 39.8 Å². The van der Waals surface area contributed by atoms with Crippen molar-refractivity contribution in [1.29, 1.82) is 0 Å². The van der Waals surface area contributed by atoms with Crippen LogP contribution in [0, 0.1) is 6.92 Å². The van der Waals surface area contributed by atoms with Crippen molar-refractivity contribution in [3.63, 3.8) is 0 Å². The molecule has 0 radical (unpaired) electrons. The Hall–Kier alpha value is -1.85. The van der Waals surface area contributed by atoms with Crippen LogP contribution in [-0.4, -0.2) is 41.4 Å². The van der Waals surface area contributed by atoms with Crippen LogP contribution in [0.2, 0.25) is 0 Å². The lowest BCUT2D eigenvalue weighted by molar-refractivity contribution is -0.838. The molecule has 3 aromatic rings. The smallest absolute Gasteiger partial charge is 0.146 e. The summed E-state index contributed by atoms with van der Waals surface area (Å²) < 4.78 is 34.1. The maximum Gasteiger partial charge on any atom is 0.146 e. The Bertz CT molecular complexity index is 1110. The van der Waals surface area contributed by atoms with Gasteiger partial charge in [-0.3, -0.25) is 18.2 Å². The molecular formula is C27H36N2O4S3. The Balaban J connectivity index is 0.000000179. The summed E-state index contributed by atoms with van der Waals surface area (Å²) in [6.07, 6.45) is 0. The van der Waals surface area contributed by atoms with Crippen LogP contribution >= 0.6 is 23.5 Å². The normalized spacial score (nSPS) is 21.4. The third kappa shape index (κ3) is 9.89. The van der Waals surface area contributed by atoms with Gasteiger partial charge in [-0.05, 0) is 46.8 Å². The molecule has 2 aliphatic heterocycles. The van der Waals surface area contributed by atoms with Gasteiger partial charge in [0.25, 0.3) is 0 Å². The third-order valence-electron chi connectivity index (χ3n) is 5.76. The average molecular weight is 549 g/mol. The number of fused-ring (bicyclic) bond motifs is 2. The Morgan fingerprint density at radius 1 is 0.694 bits per heavy atom. The molecule has 3 aromatic carbocycles. The summed E-state index contributed by atoms with van der Waals surface area (Å²) in [6.45, 7) is 13.5. The van der Waals surface area contributed by atoms with Gasteiger partial charge in [-0.25, -0.2) is 0 Å². The number of rotatable bonds is 2. The number of hydrogen-bond acceptors (Lipinski definition) is 6. The van der Waals surface area contributed by atoms with Crippen LogP contribution in [-0.2, 0) is 10.4 Å². The van der Waals surface area contributed by atoms with Crippen LogP contribution in [0.3, 0.4) is 0 Å². The maximum absolute atomic E-state index is 8.52. The largest absolute Gasteiger partial charge is 0.759 e. The molecule has 0 saturated heterocycles. The molecule has 2 heterocycles. The van der Waals surface area contributed by atoms with Crippen molar-refractivity contribution >= 4 is 45.3 Å². The van der Waals surface area contributed by atoms with Crippen LogP contribution in [0.5, 0.6) is 0 Å². The standard InChI is InChI=1S/2C10H13NS.C7H8.H2O4S/c2*1-3-11-8(2)12-10-7-5-4-6-9(10)11;1-7-5-3-2-4-6-7;1-5(2,3)4/h2*4-8H,3H2,1-2H3;2-6H,1H3;(H2,1,2,3,4). The Morgan fingerprint density at radius 3 is 1.33 bits per heavy atom. The number of aryl methyl sites for hydroxylation is 1. The van der Waals surface area contributed by atoms with Gasteiger partial charge in [-0.1, -0.05) is 83.7 Å². The summed E-state index contributed by atoms with van der Waals surface area (Å²) in [7, 11) is -5.17. The molecule has 196 valence electrons. The molecule has 36 heavy (non-hydrogen) atoms. The molecule has 0 aromatic heterocycles. The monoisotopic (exact) mass is 548 g/mol. The van der Waals surface area contributed by atoms with Gasteiger partial charge in [0.1, 0.15) is 22.1 Å². The highest BCUT2D eigenvalue weighted by Gasteiger charge is 2.30. The highest BCUT2D eigenvalue weighted by Crippen LogP contribution is 2.32. The molecule has 0 bridgehead atoms. The predicted octanol–water partition coefficient (Wildman–Crippen LogP) is 4.01. The van der Waals surface area contributed by atoms with Gasteiger partial charge in [0.2, 0.25) is 0 Å². The molecule has 9 heteroatoms. The minimum Gasteiger partial charge on any atom is -0.759 e. The SMILES string of the molecule is CC[NH+]1c2ccccc2SC1C.CC[NH+]1c2ccccc2SC1C.Cc1ccccc1.O=S(=O)([O-])[O-]. The summed E-state index contributed by atoms with van der Waals surface area (Å²) in [5.41, 5.74) is 4.29. The second kappa shape index (κ2) is 14.8. The fourth-order valence-corrected chi connectivity index (χ4v) is 6.72. The fourth-order valence-electron chi connectivity index (χ4n) is 4.12. The van der Waals surface area contributed by atoms with Gasteiger partial charge in [0.05, 0.1) is 22.9 Å². The lowest BCUT2D eigenvalue weighted by Crippen LogP contribution is -3.08. The number of benzene rings is 3. The first-order valence-corrected chi connectivity index (χ1v) is 15.1. The summed E-state index contributed by atoms with van der Waals surface area (Å²) in [6, 6.07) is 27.7. The van der Waals surface area contributed by atoms with Crippen molar-refractivity contribution in [2.24, 2.45) is 0 Å². The molecule has 0 amide bonds. The van der Waals surface area contributed by atoms with E-state index >= 15 is 0 Å². The van der Waals surface area contributed by atoms with Crippen molar-refractivity contribution in [2.75, 3.05) is 13.1 Å². The van der Waals surface area contributed by atoms with E-state index in [0.29, 0.717) is 10.7 Å². The molecular weight excluding hydrogens is 513 g/mol. The van der Waals surface area contributed by atoms with E-state index in [1.54, 1.807) is 9.80 Å². The zero-order valence-corrected chi connectivity index (χ0v) is 23.9. The number of para-hydroxylation sites is 2. The molecule has 2 N–H and O–H groups in total. The number of quaternary nitrogens is 2. The maximum atomic E-state index is 8.52. The van der Waals surface area contributed by atoms with E-state index in [2.05, 4.69) is 95.3 Å². The lowest BCUT2D eigenvalue weighted by Gasteiger charge is -2.14. The lowest BCUT2D eigenvalue weighted by atomic mass is 10.2. The molecule has 0 aliphatic carbocycles. The number of nitrogens with one attached hydrogen (secondary N) is 2. The first-order valence-electron chi connectivity index (χ1n) is 12.0. The molecule has 0 fully saturated rings. The summed E-state index contributed by atoms with van der Waals surface area (Å²) in [4.78, 5) is 6.13. The molecule has 5 rings (SSSR count). The van der Waals surface area contributed by atoms with E-state index in [0.717, 1.165) is 0 Å². The van der Waals surface area contributed by atoms with E-state index in [4.69, 9.17) is 17.5 Å². The van der Waals surface area contributed by atoms with Crippen LogP contribution in [0.4, 0.5) is 11.4 Å². The first kappa shape index (κ1) is 30.4. The average Bonchev–Trinajstić information content (AvgIpc) is 3.33. The summed E-state index contributed by atoms with van der Waals surface area (Å²) in [5.74, 6) is 0. The molecule has 4 unspecified atom stereocenters. The fraction of sp³-hybridized carbons (Fsp3) is 0.333. The third-order valence-corrected chi connectivity index (χ3v) is 8.25. The van der Waals surface area contributed by atoms with Gasteiger partial charge in [0, 0.05) is 22.5 Å². The molecule has 4 atom stereocenters. The summed E-state index contributed by atoms with van der Waals surface area (Å²) in [5, 5.41) is 1.37. The van der Waals surface area contributed by atoms with Crippen LogP contribution < -0.4 is 9.80 Å². The van der Waals surface area contributed by atoms with Gasteiger partial charge < -0.3 is 9.11 Å². The molecule has 0 saturated carbocycles. The van der Waals surface area contributed by atoms with Crippen LogP contribution in [0.1, 0.15) is 33.3 Å². The Labute approximate surface area is 224 Å².